The molecular formula is C25H26FmNO3S-. The number of carbonyl (C=O) groups is 1. The molecule has 0 aliphatic rings. The van der Waals surface area contributed by atoms with Crippen LogP contribution in [0.3, 0.4) is 0 Å². The molecule has 0 heterocycles. The van der Waals surface area contributed by atoms with E-state index in [0.29, 0.717) is 0 Å². The Kier molecular flexibility index (Phi) is 10.1. The Morgan fingerprint density at radius 2 is 1.23 bits per heavy atom. The van der Waals surface area contributed by atoms with E-state index in [9.17, 15) is 4.79 Å². The van der Waals surface area contributed by atoms with Crippen molar-refractivity contribution in [3.8, 4) is 0 Å². The smallest absolute Gasteiger partial charge is 0.290 e. The Labute approximate surface area is 182 Å². The third kappa shape index (κ3) is 5.97. The summed E-state index contributed by atoms with van der Waals surface area (Å²) in [6.07, 6.45) is 1.99. The number of thioether (sulfide) groups is 1. The average Bonchev–Trinajstić information content (AvgIpc) is 2.81. The number of carboxylic acid groups (broad SMARTS) is 1. The molecule has 1 N–H and O–H groups in total. The molecule has 6 heteroatoms. The average molecular weight is 678 g/mol. The molecule has 31 heavy (non-hydrogen) atoms. The second-order valence-electron chi connectivity index (χ2n) is 6.75. The van der Waals surface area contributed by atoms with Crippen LogP contribution in [0.1, 0.15) is 23.6 Å². The van der Waals surface area contributed by atoms with Crippen molar-refractivity contribution in [3.63, 3.8) is 0 Å². The van der Waals surface area contributed by atoms with E-state index >= 15 is 0 Å². The molecule has 0 aliphatic carbocycles. The molecule has 1 atom stereocenters. The van der Waals surface area contributed by atoms with Crippen molar-refractivity contribution in [1.82, 2.24) is 4.90 Å². The van der Waals surface area contributed by atoms with Crippen molar-refractivity contribution in [2.24, 2.45) is 0 Å². The fourth-order valence-electron chi connectivity index (χ4n) is 3.22. The van der Waals surface area contributed by atoms with Crippen LogP contribution in [-0.2, 0) is 14.3 Å². The van der Waals surface area contributed by atoms with Crippen molar-refractivity contribution in [2.75, 3.05) is 12.8 Å². The molecule has 1 unspecified atom stereocenters. The number of carbonyl (C=O) groups excluding carboxylic acids is 1. The Bertz CT molecular complexity index is 798. The predicted molar refractivity (Wildman–Crippen MR) is 123 cm³/mol. The van der Waals surface area contributed by atoms with Gasteiger partial charge in [-0.25, -0.2) is 0 Å². The first-order chi connectivity index (χ1) is 14.6. The minimum absolute atomic E-state index is 0. The first-order valence-electron chi connectivity index (χ1n) is 9.59. The van der Waals surface area contributed by atoms with Crippen LogP contribution in [0.25, 0.3) is 0 Å². The summed E-state index contributed by atoms with van der Waals surface area (Å²) in [5, 5.41) is 6.89. The minimum atomic E-state index is -0.345. The Hall–Kier alpha value is -4.05. The van der Waals surface area contributed by atoms with Crippen LogP contribution in [0.15, 0.2) is 91.0 Å². The van der Waals surface area contributed by atoms with Gasteiger partial charge in [-0.2, -0.15) is 6.41 Å². The van der Waals surface area contributed by atoms with E-state index in [1.807, 2.05) is 36.4 Å². The van der Waals surface area contributed by atoms with Gasteiger partial charge in [-0.15, -0.1) is 11.8 Å². The van der Waals surface area contributed by atoms with E-state index < -0.39 is 0 Å². The summed E-state index contributed by atoms with van der Waals surface area (Å²) < 4.78 is -0.345. The van der Waals surface area contributed by atoms with E-state index in [2.05, 4.69) is 79.7 Å². The molecular weight excluding hydrogens is 651 g/mol. The van der Waals surface area contributed by atoms with Crippen LogP contribution < -0.4 is 0 Å². The van der Waals surface area contributed by atoms with Gasteiger partial charge < -0.3 is 14.8 Å². The fraction of sp³-hybridized carbons (Fsp3) is 0.200. The number of amides is 1. The van der Waals surface area contributed by atoms with Crippen molar-refractivity contribution < 1.29 is 14.7 Å². The first kappa shape index (κ1) is 25.0. The molecule has 0 saturated carbocycles. The molecule has 3 aromatic carbocycles. The standard InChI is InChI=1S/C24H24NOS.CH2O2.Fm/c1-20(25(2)19-26)18-27-24(21-12-6-3-7-13-21,22-14-8-4-9-15-22)23-16-10-5-11-17-23;2-1-3;/h3-17,20H,18H2,1-2H3;1H,(H,2,3);/q-1;;. The predicted octanol–water partition coefficient (Wildman–Crippen LogP) is 4.80. The topological polar surface area (TPSA) is 57.6 Å². The SMILES string of the molecule is CC(CSC(c1ccccc1)(c1ccccc1)c1ccccc1)N(C)[C-]=O.O=CO.[Fm]. The van der Waals surface area contributed by atoms with Gasteiger partial charge in [0.2, 0.25) is 0 Å². The molecule has 0 fully saturated rings. The van der Waals surface area contributed by atoms with Gasteiger partial charge in [0.25, 0.3) is 6.47 Å². The van der Waals surface area contributed by atoms with E-state index in [0.717, 1.165) is 5.75 Å². The van der Waals surface area contributed by atoms with E-state index in [-0.39, 0.29) is 17.3 Å². The largest absolute Gasteiger partial charge is 0.520 e. The number of nitrogens with zero attached hydrogens (tertiary/aromatic N) is 1. The molecule has 0 saturated heterocycles. The zero-order valence-electron chi connectivity index (χ0n) is 17.4. The Morgan fingerprint density at radius 3 is 1.52 bits per heavy atom. The van der Waals surface area contributed by atoms with Crippen LogP contribution >= 0.6 is 11.8 Å². The number of hydrogen-bond acceptors (Lipinski definition) is 3. The van der Waals surface area contributed by atoms with Crippen LogP contribution in [0.2, 0.25) is 0 Å². The van der Waals surface area contributed by atoms with Gasteiger partial charge in [-0.05, 0) is 30.7 Å². The first-order valence-corrected chi connectivity index (χ1v) is 10.6. The summed E-state index contributed by atoms with van der Waals surface area (Å²) in [6, 6.07) is 31.9. The molecule has 1 amide bonds. The van der Waals surface area contributed by atoms with Crippen molar-refractivity contribution >= 4 is 24.6 Å². The number of hydrogen-bond donors (Lipinski definition) is 1. The van der Waals surface area contributed by atoms with E-state index in [4.69, 9.17) is 9.90 Å². The molecule has 0 aromatic heterocycles. The molecule has 3 aromatic rings. The van der Waals surface area contributed by atoms with Crippen molar-refractivity contribution in [2.45, 2.75) is 17.7 Å². The summed E-state index contributed by atoms with van der Waals surface area (Å²) in [7, 11) is 1.79. The summed E-state index contributed by atoms with van der Waals surface area (Å²) in [5.74, 6) is 0.796. The molecule has 3 rings (SSSR count). The summed E-state index contributed by atoms with van der Waals surface area (Å²) in [5.41, 5.74) is 3.70. The minimum Gasteiger partial charge on any atom is -0.520 e. The fourth-order valence-corrected chi connectivity index (χ4v) is 4.84. The van der Waals surface area contributed by atoms with Gasteiger partial charge in [0, 0.05) is 11.8 Å². The third-order valence-corrected chi connectivity index (χ3v) is 6.68. The summed E-state index contributed by atoms with van der Waals surface area (Å²) in [4.78, 5) is 21.0. The monoisotopic (exact) mass is 677 g/mol. The van der Waals surface area contributed by atoms with Crippen molar-refractivity contribution in [3.05, 3.63) is 108 Å². The number of benzene rings is 3. The van der Waals surface area contributed by atoms with Gasteiger partial charge in [-0.3, -0.25) is 4.79 Å². The van der Waals surface area contributed by atoms with Gasteiger partial charge in [-0.1, -0.05) is 91.0 Å². The quantitative estimate of drug-likeness (QED) is 0.161. The molecule has 0 aliphatic heterocycles. The van der Waals surface area contributed by atoms with Gasteiger partial charge in [0.05, 0.1) is 4.75 Å². The third-order valence-electron chi connectivity index (χ3n) is 4.89. The molecule has 0 spiro atoms. The van der Waals surface area contributed by atoms with Crippen LogP contribution in [0.4, 0.5) is 0 Å². The van der Waals surface area contributed by atoms with Crippen molar-refractivity contribution in [1.29, 1.82) is 0 Å². The van der Waals surface area contributed by atoms with E-state index in [1.54, 1.807) is 11.9 Å². The van der Waals surface area contributed by atoms with Gasteiger partial charge in [0.15, 0.2) is 0 Å². The zero-order valence-corrected chi connectivity index (χ0v) is 20.7. The Morgan fingerprint density at radius 1 is 0.903 bits per heavy atom. The second-order valence-corrected chi connectivity index (χ2v) is 7.98. The second kappa shape index (κ2) is 12.5. The zero-order chi connectivity index (χ0) is 21.8. The van der Waals surface area contributed by atoms with E-state index in [1.165, 1.54) is 16.7 Å². The number of rotatable bonds is 8. The maximum absolute atomic E-state index is 11.1. The summed E-state index contributed by atoms with van der Waals surface area (Å²) in [6.45, 7) is 1.81. The normalized spacial score (nSPS) is 11.2. The molecule has 0 radical (unpaired) electrons. The van der Waals surface area contributed by atoms with Crippen LogP contribution in [0, 0.1) is 0 Å². The Balaban J connectivity index is 0.00000113. The molecule has 4 nitrogen and oxygen atoms in total. The van der Waals surface area contributed by atoms with Crippen LogP contribution in [0.5, 0.6) is 0 Å². The van der Waals surface area contributed by atoms with Gasteiger partial charge >= 0.3 is 0 Å². The van der Waals surface area contributed by atoms with Crippen LogP contribution in [-0.4, -0.2) is 41.7 Å². The van der Waals surface area contributed by atoms with Gasteiger partial charge in [0.1, 0.15) is 0 Å². The molecule has 168 valence electrons. The summed E-state index contributed by atoms with van der Waals surface area (Å²) >= 11 is 1.86. The maximum atomic E-state index is 11.1. The molecule has 0 bridgehead atoms. The maximum Gasteiger partial charge on any atom is 0.290 e.